The van der Waals surface area contributed by atoms with E-state index in [0.29, 0.717) is 5.92 Å². The van der Waals surface area contributed by atoms with E-state index < -0.39 is 0 Å². The molecule has 0 spiro atoms. The van der Waals surface area contributed by atoms with Crippen LogP contribution < -0.4 is 5.73 Å². The fraction of sp³-hybridized carbons (Fsp3) is 0.682. The van der Waals surface area contributed by atoms with Crippen molar-refractivity contribution >= 4 is 16.9 Å². The molecule has 3 heterocycles. The van der Waals surface area contributed by atoms with Gasteiger partial charge in [0, 0.05) is 24.8 Å². The molecule has 1 amide bonds. The first kappa shape index (κ1) is 20.8. The number of amides is 1. The van der Waals surface area contributed by atoms with Crippen molar-refractivity contribution in [1.82, 2.24) is 19.7 Å². The number of hydrogen-bond donors (Lipinski definition) is 1. The van der Waals surface area contributed by atoms with E-state index in [1.54, 1.807) is 0 Å². The van der Waals surface area contributed by atoms with Gasteiger partial charge in [-0.1, -0.05) is 13.8 Å². The minimum atomic E-state index is -0.208. The molecule has 0 aromatic carbocycles. The minimum Gasteiger partial charge on any atom is -0.338 e. The van der Waals surface area contributed by atoms with Crippen molar-refractivity contribution in [3.8, 4) is 0 Å². The Morgan fingerprint density at radius 2 is 1.96 bits per heavy atom. The van der Waals surface area contributed by atoms with Crippen molar-refractivity contribution in [2.75, 3.05) is 13.1 Å². The van der Waals surface area contributed by atoms with Gasteiger partial charge in [0.1, 0.15) is 0 Å². The SMILES string of the molecule is Cc1nn(C(C)(C)C)c2nc(C(C)C)cc(C(=O)N3CCCC(C(C)N)C3)c12. The van der Waals surface area contributed by atoms with E-state index in [4.69, 9.17) is 15.8 Å². The van der Waals surface area contributed by atoms with Crippen LogP contribution in [0.2, 0.25) is 0 Å². The predicted octanol–water partition coefficient (Wildman–Crippen LogP) is 3.82. The Hall–Kier alpha value is -1.95. The van der Waals surface area contributed by atoms with Gasteiger partial charge in [-0.15, -0.1) is 0 Å². The Morgan fingerprint density at radius 1 is 1.29 bits per heavy atom. The number of carbonyl (C=O) groups is 1. The monoisotopic (exact) mass is 385 g/mol. The van der Waals surface area contributed by atoms with Crippen molar-refractivity contribution in [2.24, 2.45) is 11.7 Å². The van der Waals surface area contributed by atoms with Gasteiger partial charge in [0.05, 0.1) is 22.2 Å². The standard InChI is InChI=1S/C22H35N5O/c1-13(2)18-11-17(21(28)26-10-8-9-16(12-26)14(3)23)19-15(4)25-27(20(19)24-18)22(5,6)7/h11,13-14,16H,8-10,12,23H2,1-7H3. The molecular formula is C22H35N5O. The highest BCUT2D eigenvalue weighted by Crippen LogP contribution is 2.30. The third-order valence-corrected chi connectivity index (χ3v) is 5.78. The Bertz CT molecular complexity index is 875. The largest absolute Gasteiger partial charge is 0.338 e. The number of rotatable bonds is 3. The molecule has 0 aliphatic carbocycles. The van der Waals surface area contributed by atoms with Crippen LogP contribution in [0, 0.1) is 12.8 Å². The number of aromatic nitrogens is 3. The summed E-state index contributed by atoms with van der Waals surface area (Å²) in [6.45, 7) is 16.1. The lowest BCUT2D eigenvalue weighted by Crippen LogP contribution is -2.45. The van der Waals surface area contributed by atoms with Crippen molar-refractivity contribution in [3.63, 3.8) is 0 Å². The molecule has 154 valence electrons. The topological polar surface area (TPSA) is 77.0 Å². The first-order valence-electron chi connectivity index (χ1n) is 10.5. The Kier molecular flexibility index (Phi) is 5.54. The molecule has 6 nitrogen and oxygen atoms in total. The highest BCUT2D eigenvalue weighted by atomic mass is 16.2. The number of nitrogens with zero attached hydrogens (tertiary/aromatic N) is 4. The fourth-order valence-corrected chi connectivity index (χ4v) is 4.03. The molecule has 1 aliphatic rings. The van der Waals surface area contributed by atoms with Gasteiger partial charge in [0.25, 0.3) is 5.91 Å². The third kappa shape index (κ3) is 3.79. The van der Waals surface area contributed by atoms with Gasteiger partial charge in [-0.2, -0.15) is 5.10 Å². The zero-order chi connectivity index (χ0) is 20.8. The predicted molar refractivity (Wildman–Crippen MR) is 114 cm³/mol. The summed E-state index contributed by atoms with van der Waals surface area (Å²) in [6, 6.07) is 2.08. The van der Waals surface area contributed by atoms with Crippen LogP contribution in [0.15, 0.2) is 6.07 Å². The smallest absolute Gasteiger partial charge is 0.254 e. The molecule has 2 unspecified atom stereocenters. The van der Waals surface area contributed by atoms with E-state index in [2.05, 4.69) is 34.6 Å². The number of nitrogens with two attached hydrogens (primary N) is 1. The highest BCUT2D eigenvalue weighted by Gasteiger charge is 2.30. The molecule has 28 heavy (non-hydrogen) atoms. The summed E-state index contributed by atoms with van der Waals surface area (Å²) in [4.78, 5) is 20.5. The average Bonchev–Trinajstić information content (AvgIpc) is 2.97. The quantitative estimate of drug-likeness (QED) is 0.871. The van der Waals surface area contributed by atoms with Gasteiger partial charge in [0.2, 0.25) is 0 Å². The fourth-order valence-electron chi connectivity index (χ4n) is 4.03. The third-order valence-electron chi connectivity index (χ3n) is 5.78. The molecule has 1 fully saturated rings. The lowest BCUT2D eigenvalue weighted by molar-refractivity contribution is 0.0662. The Morgan fingerprint density at radius 3 is 2.54 bits per heavy atom. The van der Waals surface area contributed by atoms with Crippen LogP contribution in [-0.4, -0.2) is 44.7 Å². The minimum absolute atomic E-state index is 0.0798. The van der Waals surface area contributed by atoms with Crippen molar-refractivity contribution < 1.29 is 4.79 Å². The van der Waals surface area contributed by atoms with Gasteiger partial charge in [-0.3, -0.25) is 4.79 Å². The molecule has 0 radical (unpaired) electrons. The van der Waals surface area contributed by atoms with Crippen molar-refractivity contribution in [1.29, 1.82) is 0 Å². The molecule has 6 heteroatoms. The average molecular weight is 386 g/mol. The van der Waals surface area contributed by atoms with Crippen LogP contribution in [0.25, 0.3) is 11.0 Å². The van der Waals surface area contributed by atoms with Gasteiger partial charge in [0.15, 0.2) is 5.65 Å². The summed E-state index contributed by atoms with van der Waals surface area (Å²) in [7, 11) is 0. The molecule has 3 rings (SSSR count). The Balaban J connectivity index is 2.14. The normalized spacial score (nSPS) is 19.5. The van der Waals surface area contributed by atoms with E-state index in [9.17, 15) is 4.79 Å². The number of fused-ring (bicyclic) bond motifs is 1. The van der Waals surface area contributed by atoms with Crippen LogP contribution >= 0.6 is 0 Å². The molecule has 0 bridgehead atoms. The molecule has 2 atom stereocenters. The first-order chi connectivity index (χ1) is 13.0. The number of likely N-dealkylation sites (tertiary alicyclic amines) is 1. The summed E-state index contributed by atoms with van der Waals surface area (Å²) < 4.78 is 1.96. The van der Waals surface area contributed by atoms with E-state index in [1.807, 2.05) is 29.5 Å². The van der Waals surface area contributed by atoms with E-state index >= 15 is 0 Å². The number of piperidine rings is 1. The second-order valence-corrected chi connectivity index (χ2v) is 9.63. The lowest BCUT2D eigenvalue weighted by atomic mass is 9.91. The number of pyridine rings is 1. The van der Waals surface area contributed by atoms with Gasteiger partial charge in [-0.25, -0.2) is 9.67 Å². The second-order valence-electron chi connectivity index (χ2n) is 9.63. The van der Waals surface area contributed by atoms with Gasteiger partial charge in [-0.05, 0) is 65.4 Å². The summed E-state index contributed by atoms with van der Waals surface area (Å²) in [5.41, 5.74) is 9.25. The van der Waals surface area contributed by atoms with Gasteiger partial charge >= 0.3 is 0 Å². The lowest BCUT2D eigenvalue weighted by Gasteiger charge is -2.35. The zero-order valence-electron chi connectivity index (χ0n) is 18.4. The second kappa shape index (κ2) is 7.47. The number of hydrogen-bond acceptors (Lipinski definition) is 4. The first-order valence-corrected chi connectivity index (χ1v) is 10.5. The van der Waals surface area contributed by atoms with Crippen LogP contribution in [0.5, 0.6) is 0 Å². The molecule has 2 aromatic heterocycles. The van der Waals surface area contributed by atoms with Crippen LogP contribution in [0.4, 0.5) is 0 Å². The van der Waals surface area contributed by atoms with Crippen LogP contribution in [-0.2, 0) is 5.54 Å². The maximum absolute atomic E-state index is 13.6. The number of carbonyl (C=O) groups excluding carboxylic acids is 1. The van der Waals surface area contributed by atoms with Gasteiger partial charge < -0.3 is 10.6 Å². The van der Waals surface area contributed by atoms with Crippen LogP contribution in [0.3, 0.4) is 0 Å². The molecule has 1 saturated heterocycles. The van der Waals surface area contributed by atoms with Crippen molar-refractivity contribution in [2.45, 2.75) is 78.8 Å². The Labute approximate surface area is 168 Å². The molecule has 1 aliphatic heterocycles. The molecule has 0 saturated carbocycles. The van der Waals surface area contributed by atoms with E-state index in [1.165, 1.54) is 0 Å². The highest BCUT2D eigenvalue weighted by molar-refractivity contribution is 6.06. The summed E-state index contributed by atoms with van der Waals surface area (Å²) >= 11 is 0. The molecule has 2 N–H and O–H groups in total. The molecule has 2 aromatic rings. The molecular weight excluding hydrogens is 350 g/mol. The van der Waals surface area contributed by atoms with Crippen LogP contribution in [0.1, 0.15) is 82.0 Å². The summed E-state index contributed by atoms with van der Waals surface area (Å²) in [6.07, 6.45) is 2.09. The maximum atomic E-state index is 13.6. The summed E-state index contributed by atoms with van der Waals surface area (Å²) in [5, 5.41) is 5.64. The zero-order valence-corrected chi connectivity index (χ0v) is 18.4. The summed E-state index contributed by atoms with van der Waals surface area (Å²) in [5.74, 6) is 0.673. The van der Waals surface area contributed by atoms with E-state index in [-0.39, 0.29) is 23.4 Å². The number of aryl methyl sites for hydroxylation is 1. The van der Waals surface area contributed by atoms with E-state index in [0.717, 1.165) is 53.9 Å². The maximum Gasteiger partial charge on any atom is 0.254 e. The van der Waals surface area contributed by atoms with Crippen molar-refractivity contribution in [3.05, 3.63) is 23.0 Å².